The molecule has 0 atom stereocenters. The first-order valence-corrected chi connectivity index (χ1v) is 2.91. The number of primary amides is 1. The molecule has 0 spiro atoms. The summed E-state index contributed by atoms with van der Waals surface area (Å²) >= 11 is 7.52. The van der Waals surface area contributed by atoms with Crippen LogP contribution in [0.4, 0.5) is 4.79 Å². The normalized spacial score (nSPS) is 11.5. The Labute approximate surface area is 58.2 Å². The molecule has 46 valence electrons. The van der Waals surface area contributed by atoms with Crippen molar-refractivity contribution < 1.29 is 4.79 Å². The Morgan fingerprint density at radius 3 is 2.38 bits per heavy atom. The molecular weight excluding hydrogens is 144 g/mol. The summed E-state index contributed by atoms with van der Waals surface area (Å²) in [5.74, 6) is 0.339. The average molecular weight is 150 g/mol. The Morgan fingerprint density at radius 2 is 2.25 bits per heavy atom. The van der Waals surface area contributed by atoms with Gasteiger partial charge in [0.2, 0.25) is 0 Å². The minimum atomic E-state index is -0.732. The zero-order valence-electron chi connectivity index (χ0n) is 4.03. The summed E-state index contributed by atoms with van der Waals surface area (Å²) in [7, 11) is 0. The molecule has 0 aliphatic heterocycles. The highest BCUT2D eigenvalue weighted by Crippen LogP contribution is 1.87. The van der Waals surface area contributed by atoms with Crippen molar-refractivity contribution in [3.05, 3.63) is 0 Å². The molecule has 2 amide bonds. The zero-order valence-corrected chi connectivity index (χ0v) is 5.82. The van der Waals surface area contributed by atoms with E-state index in [4.69, 9.17) is 0 Å². The van der Waals surface area contributed by atoms with E-state index in [1.54, 1.807) is 0 Å². The van der Waals surface area contributed by atoms with Crippen molar-refractivity contribution in [2.24, 2.45) is 10.7 Å². The molecule has 0 aromatic carbocycles. The summed E-state index contributed by atoms with van der Waals surface area (Å²) < 4.78 is 0. The van der Waals surface area contributed by atoms with Crippen LogP contribution < -0.4 is 5.73 Å². The van der Waals surface area contributed by atoms with Gasteiger partial charge in [-0.1, -0.05) is 0 Å². The lowest BCUT2D eigenvalue weighted by molar-refractivity contribution is 0.257. The summed E-state index contributed by atoms with van der Waals surface area (Å²) in [4.78, 5) is 13.2. The molecule has 3 nitrogen and oxygen atoms in total. The maximum absolute atomic E-state index is 9.92. The lowest BCUT2D eigenvalue weighted by atomic mass is 10.8. The van der Waals surface area contributed by atoms with Crippen molar-refractivity contribution >= 4 is 36.3 Å². The van der Waals surface area contributed by atoms with Gasteiger partial charge in [0.25, 0.3) is 0 Å². The van der Waals surface area contributed by atoms with Crippen LogP contribution in [0.5, 0.6) is 0 Å². The summed E-state index contributed by atoms with van der Waals surface area (Å²) in [6.07, 6.45) is 0. The third kappa shape index (κ3) is 4.01. The van der Waals surface area contributed by atoms with Crippen molar-refractivity contribution in [1.82, 2.24) is 0 Å². The van der Waals surface area contributed by atoms with E-state index in [1.807, 2.05) is 0 Å². The molecule has 0 saturated carbocycles. The molecule has 0 aromatic rings. The van der Waals surface area contributed by atoms with E-state index in [1.165, 1.54) is 0 Å². The maximum atomic E-state index is 9.92. The first-order chi connectivity index (χ1) is 3.66. The zero-order chi connectivity index (χ0) is 6.57. The molecule has 0 rings (SSSR count). The number of hydrogen-bond acceptors (Lipinski definition) is 2. The first kappa shape index (κ1) is 7.84. The number of nitrogens with zero attached hydrogens (tertiary/aromatic N) is 1. The molecule has 8 heavy (non-hydrogen) atoms. The number of aliphatic imine (C=N–C) groups is 1. The van der Waals surface area contributed by atoms with Crippen molar-refractivity contribution in [3.8, 4) is 0 Å². The maximum Gasteiger partial charge on any atom is 0.339 e. The van der Waals surface area contributed by atoms with Gasteiger partial charge >= 0.3 is 6.03 Å². The summed E-state index contributed by atoms with van der Waals surface area (Å²) in [6.45, 7) is 0. The number of amides is 2. The average Bonchev–Trinajstić information content (AvgIpc) is 1.65. The molecule has 0 radical (unpaired) electrons. The van der Waals surface area contributed by atoms with Crippen LogP contribution in [0, 0.1) is 0 Å². The fourth-order valence-electron chi connectivity index (χ4n) is 0.163. The van der Waals surface area contributed by atoms with Crippen LogP contribution in [0.15, 0.2) is 4.99 Å². The molecule has 0 unspecified atom stereocenters. The van der Waals surface area contributed by atoms with E-state index in [9.17, 15) is 4.79 Å². The molecule has 0 fully saturated rings. The molecule has 0 aromatic heterocycles. The summed E-state index contributed by atoms with van der Waals surface area (Å²) in [5, 5.41) is 0.334. The standard InChI is InChI=1S/C3H6N2OS2/c4-3(6)5-2(8)1-7/h7H,1H2,(H3,4,5,6,8). The number of rotatable bonds is 1. The van der Waals surface area contributed by atoms with Crippen molar-refractivity contribution in [2.75, 3.05) is 5.75 Å². The highest BCUT2D eigenvalue weighted by molar-refractivity contribution is 7.99. The van der Waals surface area contributed by atoms with E-state index < -0.39 is 6.03 Å². The second-order valence-corrected chi connectivity index (χ2v) is 1.86. The number of hydrogen-bond donors (Lipinski definition) is 3. The Balaban J connectivity index is 3.75. The fourth-order valence-corrected chi connectivity index (χ4v) is 0.332. The Kier molecular flexibility index (Phi) is 3.72. The minimum Gasteiger partial charge on any atom is -0.350 e. The van der Waals surface area contributed by atoms with E-state index in [0.717, 1.165) is 0 Å². The van der Waals surface area contributed by atoms with Gasteiger partial charge in [0, 0.05) is 5.75 Å². The number of thiol groups is 2. The van der Waals surface area contributed by atoms with Gasteiger partial charge in [0.15, 0.2) is 0 Å². The molecule has 0 saturated heterocycles. The van der Waals surface area contributed by atoms with Crippen molar-refractivity contribution in [2.45, 2.75) is 0 Å². The van der Waals surface area contributed by atoms with Crippen LogP contribution in [0.25, 0.3) is 0 Å². The molecule has 0 aliphatic rings. The van der Waals surface area contributed by atoms with E-state index in [0.29, 0.717) is 10.8 Å². The summed E-state index contributed by atoms with van der Waals surface area (Å²) in [5.41, 5.74) is 4.66. The summed E-state index contributed by atoms with van der Waals surface area (Å²) in [6, 6.07) is -0.732. The van der Waals surface area contributed by atoms with E-state index >= 15 is 0 Å². The van der Waals surface area contributed by atoms with Crippen LogP contribution in [-0.4, -0.2) is 16.8 Å². The van der Waals surface area contributed by atoms with Crippen molar-refractivity contribution in [3.63, 3.8) is 0 Å². The number of carbonyl (C=O) groups excluding carboxylic acids is 1. The Bertz CT molecular complexity index is 122. The van der Waals surface area contributed by atoms with E-state index in [-0.39, 0.29) is 0 Å². The fraction of sp³-hybridized carbons (Fsp3) is 0.333. The van der Waals surface area contributed by atoms with Crippen LogP contribution >= 0.6 is 25.3 Å². The van der Waals surface area contributed by atoms with Crippen LogP contribution in [-0.2, 0) is 0 Å². The number of nitrogens with two attached hydrogens (primary N) is 1. The van der Waals surface area contributed by atoms with Crippen molar-refractivity contribution in [1.29, 1.82) is 0 Å². The first-order valence-electron chi connectivity index (χ1n) is 1.83. The quantitative estimate of drug-likeness (QED) is 0.281. The molecule has 0 heterocycles. The molecular formula is C3H6N2OS2. The molecule has 0 aliphatic carbocycles. The van der Waals surface area contributed by atoms with Crippen LogP contribution in [0.1, 0.15) is 0 Å². The third-order valence-electron chi connectivity index (χ3n) is 0.381. The highest BCUT2D eigenvalue weighted by Gasteiger charge is 1.88. The van der Waals surface area contributed by atoms with Gasteiger partial charge in [-0.25, -0.2) is 4.79 Å². The van der Waals surface area contributed by atoms with Crippen LogP contribution in [0.3, 0.4) is 0 Å². The molecule has 0 bridgehead atoms. The van der Waals surface area contributed by atoms with Crippen LogP contribution in [0.2, 0.25) is 0 Å². The van der Waals surface area contributed by atoms with Gasteiger partial charge in [-0.3, -0.25) is 0 Å². The largest absolute Gasteiger partial charge is 0.350 e. The predicted molar refractivity (Wildman–Crippen MR) is 39.9 cm³/mol. The van der Waals surface area contributed by atoms with Gasteiger partial charge in [-0.2, -0.15) is 17.6 Å². The van der Waals surface area contributed by atoms with Gasteiger partial charge < -0.3 is 5.73 Å². The Hall–Kier alpha value is -0.160. The van der Waals surface area contributed by atoms with Gasteiger partial charge in [-0.05, 0) is 0 Å². The smallest absolute Gasteiger partial charge is 0.339 e. The second kappa shape index (κ2) is 3.80. The minimum absolute atomic E-state index is 0.334. The third-order valence-corrected chi connectivity index (χ3v) is 1.19. The SMILES string of the molecule is NC(=O)N=C(S)CS. The predicted octanol–water partition coefficient (Wildman–Crippen LogP) is 0.323. The second-order valence-electron chi connectivity index (χ2n) is 1.02. The topological polar surface area (TPSA) is 55.5 Å². The Morgan fingerprint density at radius 1 is 1.75 bits per heavy atom. The molecule has 5 heteroatoms. The molecule has 2 N–H and O–H groups in total. The monoisotopic (exact) mass is 150 g/mol. The highest BCUT2D eigenvalue weighted by atomic mass is 32.1. The van der Waals surface area contributed by atoms with E-state index in [2.05, 4.69) is 36.0 Å². The van der Waals surface area contributed by atoms with Gasteiger partial charge in [0.05, 0.1) is 5.04 Å². The number of urea groups is 1. The van der Waals surface area contributed by atoms with Gasteiger partial charge in [0.1, 0.15) is 0 Å². The lowest BCUT2D eigenvalue weighted by Crippen LogP contribution is -2.06. The van der Waals surface area contributed by atoms with Gasteiger partial charge in [-0.15, -0.1) is 12.6 Å². The number of carbonyl (C=O) groups is 1. The lowest BCUT2D eigenvalue weighted by Gasteiger charge is -1.85.